The molecule has 0 radical (unpaired) electrons. The molecule has 8 atom stereocenters. The number of carbonyl (C=O) groups excluding carboxylic acids is 1. The molecule has 3 fully saturated rings. The first-order valence-electron chi connectivity index (χ1n) is 21.4. The van der Waals surface area contributed by atoms with Crippen LogP contribution in [0.5, 0.6) is 0 Å². The molecule has 2 N–H and O–H groups in total. The number of nitrogens with one attached hydrogen (secondary N) is 2. The molecule has 0 bridgehead atoms. The highest BCUT2D eigenvalue weighted by Gasteiger charge is 2.59. The van der Waals surface area contributed by atoms with E-state index in [1.165, 1.54) is 56.9 Å². The van der Waals surface area contributed by atoms with Crippen LogP contribution < -0.4 is 26.4 Å². The minimum atomic E-state index is -0.469. The van der Waals surface area contributed by atoms with Gasteiger partial charge in [0.05, 0.1) is 0 Å². The first-order chi connectivity index (χ1) is 25.2. The van der Waals surface area contributed by atoms with Crippen LogP contribution in [-0.2, 0) is 4.74 Å². The summed E-state index contributed by atoms with van der Waals surface area (Å²) in [4.78, 5) is 44.6. The molecule has 4 aliphatic rings. The predicted molar refractivity (Wildman–Crippen MR) is 220 cm³/mol. The van der Waals surface area contributed by atoms with Gasteiger partial charge < -0.3 is 30.1 Å². The fraction of sp³-hybridized carbons (Fsp3) is 0.841. The van der Waals surface area contributed by atoms with Crippen LogP contribution in [0.15, 0.2) is 21.2 Å². The zero-order valence-electron chi connectivity index (χ0n) is 35.0. The van der Waals surface area contributed by atoms with Crippen molar-refractivity contribution in [1.29, 1.82) is 0 Å². The maximum Gasteiger partial charge on any atom is 0.407 e. The Hall–Kier alpha value is -2.39. The van der Waals surface area contributed by atoms with Crippen LogP contribution in [0.2, 0.25) is 0 Å². The number of allylic oxidation sites excluding steroid dienone is 1. The lowest BCUT2D eigenvalue weighted by atomic mass is 9.47. The number of fused-ring (bicyclic) bond motifs is 5. The highest BCUT2D eigenvalue weighted by Crippen LogP contribution is 2.67. The molecule has 0 aromatic heterocycles. The average molecular weight is 738 g/mol. The molecule has 1 unspecified atom stereocenters. The summed E-state index contributed by atoms with van der Waals surface area (Å²) in [6.07, 6.45) is 17.6. The first kappa shape index (κ1) is 41.8. The van der Waals surface area contributed by atoms with Gasteiger partial charge >= 0.3 is 6.09 Å². The number of carbonyl (C=O) groups is 1. The van der Waals surface area contributed by atoms with E-state index in [2.05, 4.69) is 66.0 Å². The van der Waals surface area contributed by atoms with Gasteiger partial charge in [-0.1, -0.05) is 65.5 Å². The van der Waals surface area contributed by atoms with Gasteiger partial charge in [-0.15, -0.1) is 0 Å². The molecule has 9 heteroatoms. The van der Waals surface area contributed by atoms with Gasteiger partial charge in [0.2, 0.25) is 0 Å². The largest absolute Gasteiger partial charge is 0.446 e. The van der Waals surface area contributed by atoms with Crippen molar-refractivity contribution in [2.75, 3.05) is 77.7 Å². The van der Waals surface area contributed by atoms with Crippen LogP contribution in [0, 0.1) is 46.3 Å². The second-order valence-corrected chi connectivity index (χ2v) is 19.1. The Morgan fingerprint density at radius 1 is 0.849 bits per heavy atom. The van der Waals surface area contributed by atoms with Gasteiger partial charge in [0.25, 0.3) is 10.9 Å². The molecule has 1 aromatic rings. The van der Waals surface area contributed by atoms with Gasteiger partial charge in [-0.25, -0.2) is 4.79 Å². The van der Waals surface area contributed by atoms with Crippen molar-refractivity contribution in [3.05, 3.63) is 32.1 Å². The lowest BCUT2D eigenvalue weighted by molar-refractivity contribution is -0.0581. The Morgan fingerprint density at radius 2 is 1.55 bits per heavy atom. The number of amides is 1. The van der Waals surface area contributed by atoms with Crippen molar-refractivity contribution >= 4 is 17.5 Å². The summed E-state index contributed by atoms with van der Waals surface area (Å²) in [6.45, 7) is 16.4. The van der Waals surface area contributed by atoms with E-state index < -0.39 is 17.0 Å². The second kappa shape index (κ2) is 18.0. The summed E-state index contributed by atoms with van der Waals surface area (Å²) in [7, 11) is 8.16. The summed E-state index contributed by atoms with van der Waals surface area (Å²) < 4.78 is 6.00. The van der Waals surface area contributed by atoms with E-state index in [9.17, 15) is 14.4 Å². The third-order valence-corrected chi connectivity index (χ3v) is 14.5. The minimum absolute atomic E-state index is 0.103. The van der Waals surface area contributed by atoms with Crippen LogP contribution in [0.25, 0.3) is 0 Å². The third-order valence-electron chi connectivity index (χ3n) is 14.5. The monoisotopic (exact) mass is 738 g/mol. The second-order valence-electron chi connectivity index (χ2n) is 19.1. The molecule has 0 aliphatic heterocycles. The average Bonchev–Trinajstić information content (AvgIpc) is 3.45. The fourth-order valence-electron chi connectivity index (χ4n) is 11.6. The molecular weight excluding hydrogens is 663 g/mol. The van der Waals surface area contributed by atoms with Crippen molar-refractivity contribution in [3.8, 4) is 0 Å². The SMILES string of the molecule is CC(C)CCC[C@@H](C)[C@H]1CC[C@H]2[C@@H]3CC=C4CC(OC(=O)NCCNc5c(N(CCCN(C)C)CCCN(C)C)c(=O)c5=O)CC[C@]4(C)[C@H]3CC[C@]12C. The van der Waals surface area contributed by atoms with Crippen LogP contribution in [0.1, 0.15) is 118 Å². The smallest absolute Gasteiger partial charge is 0.407 e. The van der Waals surface area contributed by atoms with Gasteiger partial charge in [-0.2, -0.15) is 0 Å². The Kier molecular flexibility index (Phi) is 14.2. The first-order valence-corrected chi connectivity index (χ1v) is 21.4. The molecule has 1 amide bonds. The van der Waals surface area contributed by atoms with Crippen LogP contribution in [0.4, 0.5) is 16.2 Å². The molecule has 0 spiro atoms. The van der Waals surface area contributed by atoms with E-state index in [1.807, 2.05) is 28.2 Å². The molecule has 0 heterocycles. The molecule has 5 rings (SSSR count). The summed E-state index contributed by atoms with van der Waals surface area (Å²) in [5.41, 5.74) is 2.22. The van der Waals surface area contributed by atoms with Crippen molar-refractivity contribution in [1.82, 2.24) is 15.1 Å². The highest BCUT2D eigenvalue weighted by molar-refractivity contribution is 5.75. The Bertz CT molecular complexity index is 1450. The lowest BCUT2D eigenvalue weighted by Gasteiger charge is -2.58. The summed E-state index contributed by atoms with van der Waals surface area (Å²) in [5, 5.41) is 6.06. The van der Waals surface area contributed by atoms with Gasteiger partial charge in [-0.3, -0.25) is 9.59 Å². The van der Waals surface area contributed by atoms with E-state index in [0.29, 0.717) is 43.0 Å². The van der Waals surface area contributed by atoms with Gasteiger partial charge in [0, 0.05) is 32.6 Å². The highest BCUT2D eigenvalue weighted by atomic mass is 16.6. The van der Waals surface area contributed by atoms with E-state index in [0.717, 1.165) is 80.7 Å². The van der Waals surface area contributed by atoms with Crippen LogP contribution in [-0.4, -0.2) is 89.5 Å². The summed E-state index contributed by atoms with van der Waals surface area (Å²) >= 11 is 0. The number of nitrogens with zero attached hydrogens (tertiary/aromatic N) is 3. The van der Waals surface area contributed by atoms with E-state index in [4.69, 9.17) is 4.74 Å². The molecule has 3 saturated carbocycles. The van der Waals surface area contributed by atoms with E-state index in [1.54, 1.807) is 0 Å². The summed E-state index contributed by atoms with van der Waals surface area (Å²) in [5.74, 6) is 4.89. The van der Waals surface area contributed by atoms with E-state index in [-0.39, 0.29) is 11.5 Å². The van der Waals surface area contributed by atoms with E-state index >= 15 is 0 Å². The molecule has 300 valence electrons. The minimum Gasteiger partial charge on any atom is -0.446 e. The molecule has 9 nitrogen and oxygen atoms in total. The lowest BCUT2D eigenvalue weighted by Crippen LogP contribution is -2.51. The number of anilines is 2. The maximum absolute atomic E-state index is 13.0. The molecule has 53 heavy (non-hydrogen) atoms. The Balaban J connectivity index is 1.10. The number of hydrogen-bond donors (Lipinski definition) is 2. The fourth-order valence-corrected chi connectivity index (χ4v) is 11.6. The topological polar surface area (TPSA) is 94.2 Å². The quantitative estimate of drug-likeness (QED) is 0.0855. The van der Waals surface area contributed by atoms with Crippen molar-refractivity contribution in [3.63, 3.8) is 0 Å². The number of hydrogen-bond acceptors (Lipinski definition) is 8. The Morgan fingerprint density at radius 3 is 2.21 bits per heavy atom. The van der Waals surface area contributed by atoms with Crippen LogP contribution in [0.3, 0.4) is 0 Å². The Labute approximate surface area is 321 Å². The number of alkyl carbamates (subject to hydrolysis) is 1. The molecule has 1 aromatic carbocycles. The summed E-state index contributed by atoms with van der Waals surface area (Å²) in [6, 6.07) is 0. The number of rotatable bonds is 19. The molecular formula is C44H75N5O4. The zero-order chi connectivity index (χ0) is 38.5. The van der Waals surface area contributed by atoms with Crippen molar-refractivity contribution in [2.24, 2.45) is 46.3 Å². The normalized spacial score (nSPS) is 30.2. The molecule has 4 aliphatic carbocycles. The van der Waals surface area contributed by atoms with Crippen LogP contribution >= 0.6 is 0 Å². The maximum atomic E-state index is 13.0. The van der Waals surface area contributed by atoms with Crippen molar-refractivity contribution < 1.29 is 9.53 Å². The van der Waals surface area contributed by atoms with Gasteiger partial charge in [-0.05, 0) is 145 Å². The van der Waals surface area contributed by atoms with Gasteiger partial charge in [0.15, 0.2) is 0 Å². The predicted octanol–water partition coefficient (Wildman–Crippen LogP) is 7.54. The zero-order valence-corrected chi connectivity index (χ0v) is 35.0. The van der Waals surface area contributed by atoms with Crippen molar-refractivity contribution in [2.45, 2.75) is 124 Å². The number of ether oxygens (including phenoxy) is 1. The third kappa shape index (κ3) is 9.53. The van der Waals surface area contributed by atoms with Gasteiger partial charge in [0.1, 0.15) is 17.5 Å². The standard InChI is InChI=1S/C44H75N5O4/c1-30(2)13-10-14-31(3)35-17-18-36-34-16-15-32-29-33(19-21-43(32,4)37(34)20-22-44(35,36)5)53-42(52)46-24-23-45-38-39(41(51)40(38)50)49(27-11-25-47(6)7)28-12-26-48(8)9/h15,30-31,33-37,45H,10-14,16-29H2,1-9H3,(H,46,52)/t31-,33?,34+,35-,36+,37+,43+,44-/m1/s1. The molecule has 0 saturated heterocycles.